The Kier molecular flexibility index (Phi) is 7.39. The highest BCUT2D eigenvalue weighted by atomic mass is 16.5. The lowest BCUT2D eigenvalue weighted by Gasteiger charge is -2.22. The smallest absolute Gasteiger partial charge is 0.332 e. The van der Waals surface area contributed by atoms with Crippen molar-refractivity contribution in [2.24, 2.45) is 0 Å². The second kappa shape index (κ2) is 10.8. The highest BCUT2D eigenvalue weighted by Crippen LogP contribution is 2.30. The molecule has 0 spiro atoms. The Balaban J connectivity index is 1.58. The molecule has 1 heterocycles. The Morgan fingerprint density at radius 1 is 0.778 bits per heavy atom. The van der Waals surface area contributed by atoms with Gasteiger partial charge in [-0.3, -0.25) is 9.59 Å². The molecule has 1 N–H and O–H groups in total. The average molecular weight is 490 g/mol. The van der Waals surface area contributed by atoms with Crippen molar-refractivity contribution in [2.75, 3.05) is 31.5 Å². The molecular weight excluding hydrogens is 462 g/mol. The fraction of sp³-hybridized carbons (Fsp3) is 0.222. The van der Waals surface area contributed by atoms with Crippen molar-refractivity contribution in [1.29, 1.82) is 0 Å². The zero-order valence-corrected chi connectivity index (χ0v) is 20.3. The van der Waals surface area contributed by atoms with E-state index in [4.69, 9.17) is 14.2 Å². The first-order chi connectivity index (χ1) is 17.4. The van der Waals surface area contributed by atoms with Crippen LogP contribution in [0.15, 0.2) is 72.8 Å². The van der Waals surface area contributed by atoms with E-state index in [0.29, 0.717) is 28.6 Å². The van der Waals surface area contributed by atoms with Crippen molar-refractivity contribution in [3.05, 3.63) is 78.4 Å². The predicted molar refractivity (Wildman–Crippen MR) is 134 cm³/mol. The maximum Gasteiger partial charge on any atom is 0.332 e. The van der Waals surface area contributed by atoms with E-state index in [2.05, 4.69) is 5.32 Å². The molecule has 1 saturated heterocycles. The van der Waals surface area contributed by atoms with Crippen LogP contribution in [0.2, 0.25) is 0 Å². The molecule has 1 aliphatic heterocycles. The molecule has 4 amide bonds. The molecule has 1 atom stereocenters. The van der Waals surface area contributed by atoms with E-state index in [-0.39, 0.29) is 18.9 Å². The summed E-state index contributed by atoms with van der Waals surface area (Å²) in [4.78, 5) is 42.3. The van der Waals surface area contributed by atoms with Gasteiger partial charge in [0.25, 0.3) is 5.91 Å². The van der Waals surface area contributed by atoms with Crippen molar-refractivity contribution >= 4 is 29.2 Å². The highest BCUT2D eigenvalue weighted by Gasteiger charge is 2.46. The minimum absolute atomic E-state index is 0.154. The van der Waals surface area contributed by atoms with Crippen LogP contribution in [-0.4, -0.2) is 50.1 Å². The standard InChI is InChI=1S/C27H27N3O6/c1-34-21-10-4-18(5-11-21)17-29-24(16-25(31)28-19-6-12-22(35-2)13-7-19)26(32)30(27(29)33)20-8-14-23(36-3)15-9-20/h4-15,24H,16-17H2,1-3H3,(H,28,31)/t24-/m1/s1. The largest absolute Gasteiger partial charge is 0.497 e. The summed E-state index contributed by atoms with van der Waals surface area (Å²) in [6.07, 6.45) is -0.195. The molecule has 9 heteroatoms. The summed E-state index contributed by atoms with van der Waals surface area (Å²) in [5, 5.41) is 2.79. The van der Waals surface area contributed by atoms with Crippen LogP contribution < -0.4 is 24.4 Å². The number of ether oxygens (including phenoxy) is 3. The molecule has 9 nitrogen and oxygen atoms in total. The molecule has 0 aliphatic carbocycles. The van der Waals surface area contributed by atoms with Crippen LogP contribution in [0.1, 0.15) is 12.0 Å². The summed E-state index contributed by atoms with van der Waals surface area (Å²) in [5.74, 6) is 1.08. The maximum atomic E-state index is 13.5. The zero-order chi connectivity index (χ0) is 25.7. The van der Waals surface area contributed by atoms with Gasteiger partial charge in [0.05, 0.1) is 33.4 Å². The molecule has 0 saturated carbocycles. The SMILES string of the molecule is COc1ccc(CN2C(=O)N(c3ccc(OC)cc3)C(=O)[C@H]2CC(=O)Nc2ccc(OC)cc2)cc1. The topological polar surface area (TPSA) is 97.4 Å². The van der Waals surface area contributed by atoms with Gasteiger partial charge in [-0.25, -0.2) is 9.69 Å². The number of nitrogens with zero attached hydrogens (tertiary/aromatic N) is 2. The van der Waals surface area contributed by atoms with Crippen molar-refractivity contribution in [3.63, 3.8) is 0 Å². The number of hydrogen-bond acceptors (Lipinski definition) is 6. The third kappa shape index (κ3) is 5.25. The normalized spacial score (nSPS) is 15.1. The highest BCUT2D eigenvalue weighted by molar-refractivity contribution is 6.22. The number of urea groups is 1. The maximum absolute atomic E-state index is 13.5. The molecule has 186 valence electrons. The van der Waals surface area contributed by atoms with Crippen LogP contribution >= 0.6 is 0 Å². The predicted octanol–water partition coefficient (Wildman–Crippen LogP) is 4.08. The number of nitrogens with one attached hydrogen (secondary N) is 1. The van der Waals surface area contributed by atoms with Crippen molar-refractivity contribution in [2.45, 2.75) is 19.0 Å². The average Bonchev–Trinajstić information content (AvgIpc) is 3.13. The lowest BCUT2D eigenvalue weighted by atomic mass is 10.1. The van der Waals surface area contributed by atoms with Crippen LogP contribution in [-0.2, 0) is 16.1 Å². The first kappa shape index (κ1) is 24.6. The molecule has 0 aromatic heterocycles. The zero-order valence-electron chi connectivity index (χ0n) is 20.3. The molecule has 3 aromatic rings. The summed E-state index contributed by atoms with van der Waals surface area (Å²) in [7, 11) is 4.67. The molecule has 0 radical (unpaired) electrons. The Morgan fingerprint density at radius 2 is 1.28 bits per heavy atom. The van der Waals surface area contributed by atoms with Crippen LogP contribution in [0.3, 0.4) is 0 Å². The summed E-state index contributed by atoms with van der Waals surface area (Å²) in [6.45, 7) is 0.154. The lowest BCUT2D eigenvalue weighted by Crippen LogP contribution is -2.37. The minimum atomic E-state index is -0.972. The summed E-state index contributed by atoms with van der Waals surface area (Å²) < 4.78 is 15.5. The van der Waals surface area contributed by atoms with Gasteiger partial charge in [-0.2, -0.15) is 0 Å². The van der Waals surface area contributed by atoms with E-state index < -0.39 is 18.0 Å². The number of rotatable bonds is 9. The van der Waals surface area contributed by atoms with Crippen LogP contribution in [0.4, 0.5) is 16.2 Å². The quantitative estimate of drug-likeness (QED) is 0.455. The molecular formula is C27H27N3O6. The van der Waals surface area contributed by atoms with E-state index in [1.54, 1.807) is 74.9 Å². The van der Waals surface area contributed by atoms with Gasteiger partial charge in [-0.15, -0.1) is 0 Å². The summed E-state index contributed by atoms with van der Waals surface area (Å²) in [6, 6.07) is 19.2. The summed E-state index contributed by atoms with van der Waals surface area (Å²) >= 11 is 0. The molecule has 3 aromatic carbocycles. The van der Waals surface area contributed by atoms with Gasteiger partial charge in [-0.1, -0.05) is 12.1 Å². The van der Waals surface area contributed by atoms with E-state index in [9.17, 15) is 14.4 Å². The summed E-state index contributed by atoms with van der Waals surface area (Å²) in [5.41, 5.74) is 1.77. The monoisotopic (exact) mass is 489 g/mol. The van der Waals surface area contributed by atoms with Gasteiger partial charge in [0.2, 0.25) is 5.91 Å². The number of methoxy groups -OCH3 is 3. The van der Waals surface area contributed by atoms with Gasteiger partial charge in [0.15, 0.2) is 0 Å². The Morgan fingerprint density at radius 3 is 1.81 bits per heavy atom. The Bertz CT molecular complexity index is 1230. The van der Waals surface area contributed by atoms with Crippen LogP contribution in [0, 0.1) is 0 Å². The van der Waals surface area contributed by atoms with Crippen LogP contribution in [0.5, 0.6) is 17.2 Å². The third-order valence-corrected chi connectivity index (χ3v) is 5.91. The van der Waals surface area contributed by atoms with Crippen molar-refractivity contribution in [1.82, 2.24) is 4.90 Å². The van der Waals surface area contributed by atoms with Gasteiger partial charge >= 0.3 is 6.03 Å². The molecule has 0 bridgehead atoms. The second-order valence-corrected chi connectivity index (χ2v) is 8.13. The van der Waals surface area contributed by atoms with Gasteiger partial charge in [0, 0.05) is 12.2 Å². The number of benzene rings is 3. The van der Waals surface area contributed by atoms with Crippen LogP contribution in [0.25, 0.3) is 0 Å². The van der Waals surface area contributed by atoms with Crippen molar-refractivity contribution in [3.8, 4) is 17.2 Å². The third-order valence-electron chi connectivity index (χ3n) is 5.91. The molecule has 1 aliphatic rings. The first-order valence-electron chi connectivity index (χ1n) is 11.3. The van der Waals surface area contributed by atoms with E-state index in [0.717, 1.165) is 10.5 Å². The second-order valence-electron chi connectivity index (χ2n) is 8.13. The fourth-order valence-corrected chi connectivity index (χ4v) is 3.97. The molecule has 36 heavy (non-hydrogen) atoms. The van der Waals surface area contributed by atoms with Gasteiger partial charge in [0.1, 0.15) is 23.3 Å². The van der Waals surface area contributed by atoms with E-state index >= 15 is 0 Å². The minimum Gasteiger partial charge on any atom is -0.497 e. The van der Waals surface area contributed by atoms with Gasteiger partial charge in [-0.05, 0) is 66.2 Å². The first-order valence-corrected chi connectivity index (χ1v) is 11.3. The number of carbonyl (C=O) groups is 3. The lowest BCUT2D eigenvalue weighted by molar-refractivity contribution is -0.124. The molecule has 4 rings (SSSR count). The molecule has 0 unspecified atom stereocenters. The number of amides is 4. The Hall–Kier alpha value is -4.53. The molecule has 1 fully saturated rings. The van der Waals surface area contributed by atoms with Crippen molar-refractivity contribution < 1.29 is 28.6 Å². The number of anilines is 2. The fourth-order valence-electron chi connectivity index (χ4n) is 3.97. The van der Waals surface area contributed by atoms with E-state index in [1.165, 1.54) is 12.0 Å². The number of imide groups is 1. The van der Waals surface area contributed by atoms with Gasteiger partial charge < -0.3 is 24.4 Å². The number of hydrogen-bond donors (Lipinski definition) is 1. The number of carbonyl (C=O) groups excluding carboxylic acids is 3. The van der Waals surface area contributed by atoms with E-state index in [1.807, 2.05) is 12.1 Å². The Labute approximate surface area is 209 Å².